The Bertz CT molecular complexity index is 479. The minimum Gasteiger partial charge on any atom is -0.495 e. The van der Waals surface area contributed by atoms with Crippen LogP contribution in [0.25, 0.3) is 11.5 Å². The Morgan fingerprint density at radius 3 is 2.73 bits per heavy atom. The molecule has 0 spiro atoms. The molecule has 0 bridgehead atoms. The maximum atomic E-state index is 5.99. The quantitative estimate of drug-likeness (QED) is 0.784. The van der Waals surface area contributed by atoms with E-state index in [1.165, 1.54) is 0 Å². The van der Waals surface area contributed by atoms with Crippen LogP contribution in [0.4, 0.5) is 0 Å². The summed E-state index contributed by atoms with van der Waals surface area (Å²) in [4.78, 5) is 4.12. The fourth-order valence-corrected chi connectivity index (χ4v) is 1.55. The number of hydrogen-bond acceptors (Lipinski definition) is 3. The standard InChI is InChI=1S/C11H10ClNO2/c1-7-6-13-11(15-7)8-3-4-10(14-2)9(12)5-8/h3-6H,1-2H3. The Kier molecular flexibility index (Phi) is 2.64. The van der Waals surface area contributed by atoms with E-state index in [0.717, 1.165) is 11.3 Å². The van der Waals surface area contributed by atoms with Gasteiger partial charge in [0.1, 0.15) is 11.5 Å². The van der Waals surface area contributed by atoms with Gasteiger partial charge in [-0.3, -0.25) is 0 Å². The molecule has 0 aliphatic rings. The smallest absolute Gasteiger partial charge is 0.226 e. The predicted octanol–water partition coefficient (Wildman–Crippen LogP) is 3.31. The number of aromatic nitrogens is 1. The van der Waals surface area contributed by atoms with E-state index in [4.69, 9.17) is 20.8 Å². The highest BCUT2D eigenvalue weighted by molar-refractivity contribution is 6.32. The molecule has 1 heterocycles. The molecule has 0 fully saturated rings. The molecule has 0 amide bonds. The largest absolute Gasteiger partial charge is 0.495 e. The van der Waals surface area contributed by atoms with Crippen molar-refractivity contribution < 1.29 is 9.15 Å². The van der Waals surface area contributed by atoms with E-state index < -0.39 is 0 Å². The van der Waals surface area contributed by atoms with Crippen LogP contribution in [0.5, 0.6) is 5.75 Å². The number of halogens is 1. The summed E-state index contributed by atoms with van der Waals surface area (Å²) in [7, 11) is 1.58. The molecule has 3 nitrogen and oxygen atoms in total. The summed E-state index contributed by atoms with van der Waals surface area (Å²) >= 11 is 5.99. The van der Waals surface area contributed by atoms with Crippen molar-refractivity contribution in [3.05, 3.63) is 35.2 Å². The van der Waals surface area contributed by atoms with Crippen molar-refractivity contribution >= 4 is 11.6 Å². The maximum absolute atomic E-state index is 5.99. The van der Waals surface area contributed by atoms with Gasteiger partial charge in [-0.1, -0.05) is 11.6 Å². The van der Waals surface area contributed by atoms with Crippen LogP contribution in [0.15, 0.2) is 28.8 Å². The highest BCUT2D eigenvalue weighted by Gasteiger charge is 2.07. The Labute approximate surface area is 92.6 Å². The van der Waals surface area contributed by atoms with Gasteiger partial charge in [-0.2, -0.15) is 0 Å². The zero-order valence-electron chi connectivity index (χ0n) is 8.45. The van der Waals surface area contributed by atoms with Crippen molar-refractivity contribution in [2.45, 2.75) is 6.92 Å². The Balaban J connectivity index is 2.42. The predicted molar refractivity (Wildman–Crippen MR) is 58.2 cm³/mol. The highest BCUT2D eigenvalue weighted by Crippen LogP contribution is 2.29. The van der Waals surface area contributed by atoms with E-state index in [0.29, 0.717) is 16.7 Å². The van der Waals surface area contributed by atoms with Crippen molar-refractivity contribution in [1.82, 2.24) is 4.98 Å². The third-order valence-electron chi connectivity index (χ3n) is 2.02. The molecule has 1 aromatic heterocycles. The van der Waals surface area contributed by atoms with Crippen molar-refractivity contribution in [2.75, 3.05) is 7.11 Å². The molecule has 4 heteroatoms. The number of rotatable bonds is 2. The first kappa shape index (κ1) is 10.1. The Morgan fingerprint density at radius 1 is 1.40 bits per heavy atom. The number of methoxy groups -OCH3 is 1. The van der Waals surface area contributed by atoms with Crippen LogP contribution in [0, 0.1) is 6.92 Å². The van der Waals surface area contributed by atoms with Crippen LogP contribution in [0.3, 0.4) is 0 Å². The van der Waals surface area contributed by atoms with Gasteiger partial charge < -0.3 is 9.15 Å². The van der Waals surface area contributed by atoms with Gasteiger partial charge in [0, 0.05) is 5.56 Å². The second-order valence-corrected chi connectivity index (χ2v) is 3.53. The lowest BCUT2D eigenvalue weighted by Gasteiger charge is -2.03. The summed E-state index contributed by atoms with van der Waals surface area (Å²) in [5.74, 6) is 1.98. The van der Waals surface area contributed by atoms with Crippen molar-refractivity contribution in [3.63, 3.8) is 0 Å². The molecule has 2 rings (SSSR count). The monoisotopic (exact) mass is 223 g/mol. The average molecular weight is 224 g/mol. The number of benzene rings is 1. The molecule has 0 unspecified atom stereocenters. The molecule has 0 saturated carbocycles. The minimum absolute atomic E-state index is 0.547. The molecule has 1 aromatic carbocycles. The molecular formula is C11H10ClNO2. The van der Waals surface area contributed by atoms with Gasteiger partial charge in [0.25, 0.3) is 0 Å². The summed E-state index contributed by atoms with van der Waals surface area (Å²) in [6.07, 6.45) is 1.67. The minimum atomic E-state index is 0.547. The number of hydrogen-bond donors (Lipinski definition) is 0. The van der Waals surface area contributed by atoms with E-state index in [2.05, 4.69) is 4.98 Å². The Hall–Kier alpha value is -1.48. The van der Waals surface area contributed by atoms with Crippen LogP contribution in [0.2, 0.25) is 5.02 Å². The molecule has 78 valence electrons. The van der Waals surface area contributed by atoms with Crippen LogP contribution in [0.1, 0.15) is 5.76 Å². The number of aryl methyl sites for hydroxylation is 1. The SMILES string of the molecule is COc1ccc(-c2ncc(C)o2)cc1Cl. The topological polar surface area (TPSA) is 35.3 Å². The van der Waals surface area contributed by atoms with Gasteiger partial charge >= 0.3 is 0 Å². The van der Waals surface area contributed by atoms with E-state index in [1.54, 1.807) is 25.4 Å². The van der Waals surface area contributed by atoms with Crippen LogP contribution in [-0.2, 0) is 0 Å². The number of nitrogens with zero attached hydrogens (tertiary/aromatic N) is 1. The molecule has 0 saturated heterocycles. The lowest BCUT2D eigenvalue weighted by molar-refractivity contribution is 0.415. The molecule has 0 radical (unpaired) electrons. The third kappa shape index (κ3) is 1.97. The first-order valence-corrected chi connectivity index (χ1v) is 4.85. The van der Waals surface area contributed by atoms with Crippen molar-refractivity contribution in [2.24, 2.45) is 0 Å². The number of ether oxygens (including phenoxy) is 1. The van der Waals surface area contributed by atoms with Gasteiger partial charge in [-0.05, 0) is 25.1 Å². The van der Waals surface area contributed by atoms with Crippen LogP contribution >= 0.6 is 11.6 Å². The fraction of sp³-hybridized carbons (Fsp3) is 0.182. The van der Waals surface area contributed by atoms with Crippen molar-refractivity contribution in [1.29, 1.82) is 0 Å². The average Bonchev–Trinajstić information content (AvgIpc) is 2.65. The zero-order chi connectivity index (χ0) is 10.8. The van der Waals surface area contributed by atoms with Crippen LogP contribution < -0.4 is 4.74 Å². The van der Waals surface area contributed by atoms with Crippen molar-refractivity contribution in [3.8, 4) is 17.2 Å². The van der Waals surface area contributed by atoms with Gasteiger partial charge in [0.2, 0.25) is 5.89 Å². The van der Waals surface area contributed by atoms with Gasteiger partial charge in [-0.25, -0.2) is 4.98 Å². The molecule has 15 heavy (non-hydrogen) atoms. The fourth-order valence-electron chi connectivity index (χ4n) is 1.29. The molecule has 0 atom stereocenters. The normalized spacial score (nSPS) is 10.3. The molecule has 0 aliphatic heterocycles. The first-order valence-electron chi connectivity index (χ1n) is 4.47. The molecule has 0 aliphatic carbocycles. The molecular weight excluding hydrogens is 214 g/mol. The Morgan fingerprint density at radius 2 is 2.20 bits per heavy atom. The summed E-state index contributed by atoms with van der Waals surface area (Å²) in [5.41, 5.74) is 0.842. The van der Waals surface area contributed by atoms with E-state index in [-0.39, 0.29) is 0 Å². The van der Waals surface area contributed by atoms with E-state index in [1.807, 2.05) is 13.0 Å². The third-order valence-corrected chi connectivity index (χ3v) is 2.32. The lowest BCUT2D eigenvalue weighted by atomic mass is 10.2. The second-order valence-electron chi connectivity index (χ2n) is 3.13. The zero-order valence-corrected chi connectivity index (χ0v) is 9.21. The van der Waals surface area contributed by atoms with Gasteiger partial charge in [0.15, 0.2) is 0 Å². The molecule has 2 aromatic rings. The summed E-state index contributed by atoms with van der Waals surface area (Å²) < 4.78 is 10.4. The number of oxazole rings is 1. The first-order chi connectivity index (χ1) is 7.20. The highest BCUT2D eigenvalue weighted by atomic mass is 35.5. The maximum Gasteiger partial charge on any atom is 0.226 e. The summed E-state index contributed by atoms with van der Waals surface area (Å²) in [5, 5.41) is 0.547. The van der Waals surface area contributed by atoms with E-state index >= 15 is 0 Å². The summed E-state index contributed by atoms with van der Waals surface area (Å²) in [6.45, 7) is 1.85. The second kappa shape index (κ2) is 3.95. The summed E-state index contributed by atoms with van der Waals surface area (Å²) in [6, 6.07) is 5.42. The van der Waals surface area contributed by atoms with Crippen LogP contribution in [-0.4, -0.2) is 12.1 Å². The van der Waals surface area contributed by atoms with E-state index in [9.17, 15) is 0 Å². The lowest BCUT2D eigenvalue weighted by Crippen LogP contribution is -1.84. The van der Waals surface area contributed by atoms with Gasteiger partial charge in [0.05, 0.1) is 18.3 Å². The molecule has 0 N–H and O–H groups in total. The van der Waals surface area contributed by atoms with Gasteiger partial charge in [-0.15, -0.1) is 0 Å².